The van der Waals surface area contributed by atoms with E-state index in [1.165, 1.54) is 25.6 Å². The molecule has 33 heavy (non-hydrogen) atoms. The van der Waals surface area contributed by atoms with Gasteiger partial charge in [0.05, 0.1) is 28.5 Å². The topological polar surface area (TPSA) is 155 Å². The van der Waals surface area contributed by atoms with Crippen molar-refractivity contribution in [1.82, 2.24) is 29.0 Å². The van der Waals surface area contributed by atoms with Crippen LogP contribution in [0.15, 0.2) is 59.9 Å². The van der Waals surface area contributed by atoms with E-state index in [0.717, 1.165) is 21.0 Å². The van der Waals surface area contributed by atoms with Gasteiger partial charge >= 0.3 is 6.01 Å². The summed E-state index contributed by atoms with van der Waals surface area (Å²) in [6, 6.07) is 7.90. The molecule has 13 heteroatoms. The first-order chi connectivity index (χ1) is 15.7. The molecular weight excluding hydrogens is 472 g/mol. The third kappa shape index (κ3) is 4.18. The molecule has 0 aliphatic rings. The van der Waals surface area contributed by atoms with Crippen LogP contribution in [0.1, 0.15) is 5.69 Å². The molecule has 0 spiro atoms. The fourth-order valence-electron chi connectivity index (χ4n) is 3.14. The lowest BCUT2D eigenvalue weighted by atomic mass is 10.1. The minimum absolute atomic E-state index is 0.0915. The zero-order chi connectivity index (χ0) is 23.8. The number of halogens is 1. The zero-order valence-electron chi connectivity index (χ0n) is 17.0. The molecule has 2 aromatic heterocycles. The van der Waals surface area contributed by atoms with Crippen LogP contribution in [0, 0.1) is 0 Å². The van der Waals surface area contributed by atoms with Gasteiger partial charge in [-0.1, -0.05) is 28.8 Å². The van der Waals surface area contributed by atoms with Crippen molar-refractivity contribution in [2.45, 2.75) is 11.4 Å². The Balaban J connectivity index is 1.82. The summed E-state index contributed by atoms with van der Waals surface area (Å²) in [5.74, 6) is -1.25. The van der Waals surface area contributed by atoms with E-state index in [0.29, 0.717) is 11.4 Å². The number of aromatic hydroxyl groups is 3. The van der Waals surface area contributed by atoms with E-state index >= 15 is 0 Å². The highest BCUT2D eigenvalue weighted by molar-refractivity contribution is 7.89. The molecule has 0 unspecified atom stereocenters. The molecule has 0 saturated carbocycles. The summed E-state index contributed by atoms with van der Waals surface area (Å²) in [5.41, 5.74) is 0.589. The highest BCUT2D eigenvalue weighted by Crippen LogP contribution is 2.39. The second kappa shape index (κ2) is 8.65. The number of para-hydroxylation sites is 1. The monoisotopic (exact) mass is 488 g/mol. The molecule has 4 rings (SSSR count). The van der Waals surface area contributed by atoms with Gasteiger partial charge < -0.3 is 15.3 Å². The fraction of sp³-hybridized carbons (Fsp3) is 0.100. The molecule has 0 saturated heterocycles. The van der Waals surface area contributed by atoms with E-state index in [2.05, 4.69) is 20.2 Å². The molecule has 11 nitrogen and oxygen atoms in total. The van der Waals surface area contributed by atoms with Crippen LogP contribution in [0.3, 0.4) is 0 Å². The SMILES string of the molecule is CN(Cc1cnccn1)S(=O)(=O)c1cc(-c2nnc(O)n2-c2ccccc2Cl)c(O)cc1O. The number of benzene rings is 2. The maximum absolute atomic E-state index is 13.2. The fourth-order valence-corrected chi connectivity index (χ4v) is 4.59. The Bertz CT molecular complexity index is 1430. The maximum Gasteiger partial charge on any atom is 0.319 e. The lowest BCUT2D eigenvalue weighted by Gasteiger charge is -2.18. The van der Waals surface area contributed by atoms with Crippen molar-refractivity contribution in [1.29, 1.82) is 0 Å². The quantitative estimate of drug-likeness (QED) is 0.370. The van der Waals surface area contributed by atoms with E-state index < -0.39 is 32.4 Å². The van der Waals surface area contributed by atoms with Crippen LogP contribution in [-0.4, -0.2) is 59.8 Å². The average molecular weight is 489 g/mol. The summed E-state index contributed by atoms with van der Waals surface area (Å²) >= 11 is 6.23. The number of rotatable bonds is 6. The minimum Gasteiger partial charge on any atom is -0.507 e. The van der Waals surface area contributed by atoms with Gasteiger partial charge in [0.15, 0.2) is 5.82 Å². The molecule has 0 atom stereocenters. The predicted octanol–water partition coefficient (Wildman–Crippen LogP) is 2.32. The Morgan fingerprint density at radius 1 is 1.06 bits per heavy atom. The zero-order valence-corrected chi connectivity index (χ0v) is 18.6. The third-order valence-electron chi connectivity index (χ3n) is 4.75. The van der Waals surface area contributed by atoms with Gasteiger partial charge in [-0.05, 0) is 18.2 Å². The second-order valence-electron chi connectivity index (χ2n) is 6.91. The molecule has 2 heterocycles. The van der Waals surface area contributed by atoms with Crippen LogP contribution < -0.4 is 0 Å². The van der Waals surface area contributed by atoms with Gasteiger partial charge in [0, 0.05) is 31.7 Å². The van der Waals surface area contributed by atoms with Crippen molar-refractivity contribution in [2.75, 3.05) is 7.05 Å². The largest absolute Gasteiger partial charge is 0.507 e. The maximum atomic E-state index is 13.2. The molecule has 0 bridgehead atoms. The Morgan fingerprint density at radius 2 is 1.82 bits per heavy atom. The van der Waals surface area contributed by atoms with Crippen molar-refractivity contribution in [3.8, 4) is 34.6 Å². The van der Waals surface area contributed by atoms with Crippen LogP contribution in [0.4, 0.5) is 0 Å². The molecule has 0 aliphatic heterocycles. The number of hydrogen-bond donors (Lipinski definition) is 3. The summed E-state index contributed by atoms with van der Waals surface area (Å²) in [4.78, 5) is 7.46. The smallest absolute Gasteiger partial charge is 0.319 e. The summed E-state index contributed by atoms with van der Waals surface area (Å²) in [5, 5.41) is 38.8. The van der Waals surface area contributed by atoms with Gasteiger partial charge in [0.25, 0.3) is 0 Å². The standard InChI is InChI=1S/C20H17ClN6O5S/c1-26(11-12-10-22-6-7-23-12)33(31,32)18-8-13(16(28)9-17(18)29)19-24-25-20(30)27(19)15-5-3-2-4-14(15)21/h2-10,28-29H,11H2,1H3,(H,25,30). The first-order valence-corrected chi connectivity index (χ1v) is 11.2. The number of phenols is 2. The lowest BCUT2D eigenvalue weighted by molar-refractivity contribution is 0.420. The molecule has 4 aromatic rings. The van der Waals surface area contributed by atoms with E-state index in [-0.39, 0.29) is 23.0 Å². The molecule has 0 fully saturated rings. The summed E-state index contributed by atoms with van der Waals surface area (Å²) in [7, 11) is -2.92. The Kier molecular flexibility index (Phi) is 5.89. The average Bonchev–Trinajstić information content (AvgIpc) is 3.15. The number of phenolic OH excluding ortho intramolecular Hbond substituents is 2. The van der Waals surface area contributed by atoms with Gasteiger partial charge in [-0.3, -0.25) is 9.97 Å². The van der Waals surface area contributed by atoms with Gasteiger partial charge in [0.1, 0.15) is 16.4 Å². The van der Waals surface area contributed by atoms with Crippen molar-refractivity contribution < 1.29 is 23.7 Å². The van der Waals surface area contributed by atoms with E-state index in [1.54, 1.807) is 24.3 Å². The Morgan fingerprint density at radius 3 is 2.52 bits per heavy atom. The number of nitrogens with zero attached hydrogens (tertiary/aromatic N) is 6. The molecule has 0 amide bonds. The number of aromatic nitrogens is 5. The highest BCUT2D eigenvalue weighted by atomic mass is 35.5. The van der Waals surface area contributed by atoms with Crippen LogP contribution >= 0.6 is 11.6 Å². The van der Waals surface area contributed by atoms with Crippen LogP contribution in [-0.2, 0) is 16.6 Å². The van der Waals surface area contributed by atoms with Crippen molar-refractivity contribution in [2.24, 2.45) is 0 Å². The summed E-state index contributed by atoms with van der Waals surface area (Å²) in [6.45, 7) is -0.109. The summed E-state index contributed by atoms with van der Waals surface area (Å²) in [6.07, 6.45) is 4.31. The van der Waals surface area contributed by atoms with Gasteiger partial charge in [-0.15, -0.1) is 5.10 Å². The molecular formula is C20H17ClN6O5S. The lowest BCUT2D eigenvalue weighted by Crippen LogP contribution is -2.27. The minimum atomic E-state index is -4.24. The van der Waals surface area contributed by atoms with E-state index in [1.807, 2.05) is 0 Å². The van der Waals surface area contributed by atoms with Gasteiger partial charge in [-0.25, -0.2) is 13.0 Å². The second-order valence-corrected chi connectivity index (χ2v) is 9.33. The Hall–Kier alpha value is -3.74. The third-order valence-corrected chi connectivity index (χ3v) is 6.90. The first kappa shape index (κ1) is 22.5. The number of sulfonamides is 1. The highest BCUT2D eigenvalue weighted by Gasteiger charge is 2.29. The molecule has 0 aliphatic carbocycles. The molecule has 0 radical (unpaired) electrons. The van der Waals surface area contributed by atoms with Crippen molar-refractivity contribution in [3.63, 3.8) is 0 Å². The Labute approximate surface area is 193 Å². The van der Waals surface area contributed by atoms with E-state index in [9.17, 15) is 23.7 Å². The van der Waals surface area contributed by atoms with Crippen LogP contribution in [0.5, 0.6) is 17.5 Å². The van der Waals surface area contributed by atoms with Crippen molar-refractivity contribution >= 4 is 21.6 Å². The normalized spacial score (nSPS) is 11.7. The van der Waals surface area contributed by atoms with Crippen molar-refractivity contribution in [3.05, 3.63) is 65.7 Å². The van der Waals surface area contributed by atoms with Gasteiger partial charge in [-0.2, -0.15) is 4.31 Å². The summed E-state index contributed by atoms with van der Waals surface area (Å²) < 4.78 is 28.5. The molecule has 2 aromatic carbocycles. The molecule has 3 N–H and O–H groups in total. The number of hydrogen-bond acceptors (Lipinski definition) is 9. The first-order valence-electron chi connectivity index (χ1n) is 9.37. The van der Waals surface area contributed by atoms with E-state index in [4.69, 9.17) is 11.6 Å². The predicted molar refractivity (Wildman–Crippen MR) is 117 cm³/mol. The molecule has 170 valence electrons. The van der Waals surface area contributed by atoms with Crippen LogP contribution in [0.25, 0.3) is 17.1 Å². The van der Waals surface area contributed by atoms with Crippen LogP contribution in [0.2, 0.25) is 5.02 Å². The van der Waals surface area contributed by atoms with Gasteiger partial charge in [0.2, 0.25) is 10.0 Å².